The molecular weight excluding hydrogens is 348 g/mol. The van der Waals surface area contributed by atoms with Crippen LogP contribution in [0.1, 0.15) is 46.4 Å². The quantitative estimate of drug-likeness (QED) is 0.676. The highest BCUT2D eigenvalue weighted by molar-refractivity contribution is 7.99. The number of amides is 1. The smallest absolute Gasteiger partial charge is 0.277 e. The molecule has 1 aromatic carbocycles. The first-order chi connectivity index (χ1) is 12.6. The van der Waals surface area contributed by atoms with E-state index < -0.39 is 0 Å². The highest BCUT2D eigenvalue weighted by Gasteiger charge is 2.28. The second kappa shape index (κ2) is 6.92. The predicted octanol–water partition coefficient (Wildman–Crippen LogP) is 4.36. The Hall–Kier alpha value is -2.67. The van der Waals surface area contributed by atoms with E-state index in [9.17, 15) is 4.79 Å². The van der Waals surface area contributed by atoms with Gasteiger partial charge in [-0.1, -0.05) is 5.16 Å². The van der Waals surface area contributed by atoms with Crippen molar-refractivity contribution in [1.82, 2.24) is 15.1 Å². The van der Waals surface area contributed by atoms with E-state index >= 15 is 0 Å². The lowest BCUT2D eigenvalue weighted by Crippen LogP contribution is -2.12. The van der Waals surface area contributed by atoms with Crippen molar-refractivity contribution in [1.29, 1.82) is 0 Å². The summed E-state index contributed by atoms with van der Waals surface area (Å²) in [4.78, 5) is 22.1. The van der Waals surface area contributed by atoms with Gasteiger partial charge in [0.1, 0.15) is 5.76 Å². The van der Waals surface area contributed by atoms with Crippen molar-refractivity contribution in [2.45, 2.75) is 42.7 Å². The molecule has 0 unspecified atom stereocenters. The first kappa shape index (κ1) is 16.8. The Morgan fingerprint density at radius 2 is 1.81 bits per heavy atom. The number of hydrogen-bond acceptors (Lipinski definition) is 6. The molecule has 132 valence electrons. The number of rotatable bonds is 5. The topological polar surface area (TPSA) is 80.9 Å². The summed E-state index contributed by atoms with van der Waals surface area (Å²) in [6.07, 6.45) is 2.22. The first-order valence-electron chi connectivity index (χ1n) is 8.45. The van der Waals surface area contributed by atoms with E-state index in [2.05, 4.69) is 20.4 Å². The molecule has 26 heavy (non-hydrogen) atoms. The SMILES string of the molecule is Cc1cc(C)nc(Sc2ccc(NC(=O)c3cc(C4CC4)on3)cc2)n1. The fourth-order valence-corrected chi connectivity index (χ4v) is 3.46. The van der Waals surface area contributed by atoms with E-state index in [1.807, 2.05) is 44.2 Å². The van der Waals surface area contributed by atoms with Gasteiger partial charge in [-0.3, -0.25) is 4.79 Å². The fourth-order valence-electron chi connectivity index (χ4n) is 2.60. The molecule has 2 heterocycles. The molecule has 1 saturated carbocycles. The van der Waals surface area contributed by atoms with Crippen LogP contribution in [0.3, 0.4) is 0 Å². The Balaban J connectivity index is 1.41. The van der Waals surface area contributed by atoms with Crippen molar-refractivity contribution in [3.8, 4) is 0 Å². The predicted molar refractivity (Wildman–Crippen MR) is 98.5 cm³/mol. The lowest BCUT2D eigenvalue weighted by molar-refractivity contribution is 0.101. The van der Waals surface area contributed by atoms with E-state index in [0.717, 1.165) is 40.0 Å². The monoisotopic (exact) mass is 366 g/mol. The number of aromatic nitrogens is 3. The van der Waals surface area contributed by atoms with Gasteiger partial charge in [-0.25, -0.2) is 9.97 Å². The molecule has 0 aliphatic heterocycles. The Morgan fingerprint density at radius 3 is 2.46 bits per heavy atom. The molecule has 4 rings (SSSR count). The minimum absolute atomic E-state index is 0.265. The molecule has 0 saturated heterocycles. The highest BCUT2D eigenvalue weighted by atomic mass is 32.2. The molecule has 0 bridgehead atoms. The van der Waals surface area contributed by atoms with Crippen LogP contribution in [-0.4, -0.2) is 21.0 Å². The highest BCUT2D eigenvalue weighted by Crippen LogP contribution is 2.40. The maximum Gasteiger partial charge on any atom is 0.277 e. The zero-order valence-corrected chi connectivity index (χ0v) is 15.3. The zero-order valence-electron chi connectivity index (χ0n) is 14.5. The third kappa shape index (κ3) is 3.94. The van der Waals surface area contributed by atoms with E-state index in [1.54, 1.807) is 6.07 Å². The minimum Gasteiger partial charge on any atom is -0.360 e. The van der Waals surface area contributed by atoms with Crippen LogP contribution >= 0.6 is 11.8 Å². The number of benzene rings is 1. The fraction of sp³-hybridized carbons (Fsp3) is 0.263. The average molecular weight is 366 g/mol. The molecule has 1 aliphatic carbocycles. The van der Waals surface area contributed by atoms with Crippen LogP contribution in [0.15, 0.2) is 51.0 Å². The maximum atomic E-state index is 12.3. The first-order valence-corrected chi connectivity index (χ1v) is 9.26. The van der Waals surface area contributed by atoms with Crippen LogP contribution in [0, 0.1) is 13.8 Å². The van der Waals surface area contributed by atoms with Gasteiger partial charge in [-0.05, 0) is 68.8 Å². The van der Waals surface area contributed by atoms with E-state index in [0.29, 0.717) is 17.3 Å². The Bertz CT molecular complexity index is 928. The summed E-state index contributed by atoms with van der Waals surface area (Å²) in [7, 11) is 0. The summed E-state index contributed by atoms with van der Waals surface area (Å²) in [6.45, 7) is 3.91. The lowest BCUT2D eigenvalue weighted by atomic mass is 10.2. The van der Waals surface area contributed by atoms with Crippen LogP contribution in [0.25, 0.3) is 0 Å². The van der Waals surface area contributed by atoms with E-state index in [1.165, 1.54) is 11.8 Å². The molecule has 1 fully saturated rings. The minimum atomic E-state index is -0.265. The Labute approximate surface area is 155 Å². The van der Waals surface area contributed by atoms with Crippen molar-refractivity contribution < 1.29 is 9.32 Å². The van der Waals surface area contributed by atoms with Crippen molar-refractivity contribution in [3.63, 3.8) is 0 Å². The summed E-state index contributed by atoms with van der Waals surface area (Å²) >= 11 is 1.49. The van der Waals surface area contributed by atoms with Crippen LogP contribution in [0.2, 0.25) is 0 Å². The molecule has 0 radical (unpaired) electrons. The number of carbonyl (C=O) groups excluding carboxylic acids is 1. The second-order valence-electron chi connectivity index (χ2n) is 6.40. The van der Waals surface area contributed by atoms with Gasteiger partial charge < -0.3 is 9.84 Å². The third-order valence-corrected chi connectivity index (χ3v) is 4.90. The van der Waals surface area contributed by atoms with Gasteiger partial charge in [-0.2, -0.15) is 0 Å². The maximum absolute atomic E-state index is 12.3. The third-order valence-electron chi connectivity index (χ3n) is 4.02. The van der Waals surface area contributed by atoms with Crippen LogP contribution in [0.5, 0.6) is 0 Å². The van der Waals surface area contributed by atoms with Crippen molar-refractivity contribution in [2.75, 3.05) is 5.32 Å². The van der Waals surface area contributed by atoms with Gasteiger partial charge >= 0.3 is 0 Å². The summed E-state index contributed by atoms with van der Waals surface area (Å²) in [5, 5.41) is 7.41. The molecule has 3 aromatic rings. The Morgan fingerprint density at radius 1 is 1.12 bits per heavy atom. The van der Waals surface area contributed by atoms with Crippen molar-refractivity contribution >= 4 is 23.4 Å². The number of nitrogens with zero attached hydrogens (tertiary/aromatic N) is 3. The molecular formula is C19H18N4O2S. The van der Waals surface area contributed by atoms with Gasteiger partial charge in [0.15, 0.2) is 10.9 Å². The van der Waals surface area contributed by atoms with Gasteiger partial charge in [0, 0.05) is 34.0 Å². The number of hydrogen-bond donors (Lipinski definition) is 1. The van der Waals surface area contributed by atoms with E-state index in [-0.39, 0.29) is 5.91 Å². The summed E-state index contributed by atoms with van der Waals surface area (Å²) in [5.74, 6) is 0.974. The Kier molecular flexibility index (Phi) is 4.46. The normalized spacial score (nSPS) is 13.6. The number of aryl methyl sites for hydroxylation is 2. The number of anilines is 1. The van der Waals surface area contributed by atoms with E-state index in [4.69, 9.17) is 4.52 Å². The van der Waals surface area contributed by atoms with Crippen LogP contribution < -0.4 is 5.32 Å². The second-order valence-corrected chi connectivity index (χ2v) is 7.44. The molecule has 1 N–H and O–H groups in total. The number of nitrogens with one attached hydrogen (secondary N) is 1. The van der Waals surface area contributed by atoms with Crippen LogP contribution in [-0.2, 0) is 0 Å². The standard InChI is InChI=1S/C19H18N4O2S/c1-11-9-12(2)21-19(20-11)26-15-7-5-14(6-8-15)22-18(24)16-10-17(25-23-16)13-3-4-13/h5-10,13H,3-4H2,1-2H3,(H,22,24). The molecule has 1 amide bonds. The molecule has 1 aliphatic rings. The molecule has 0 spiro atoms. The summed E-state index contributed by atoms with van der Waals surface area (Å²) in [6, 6.07) is 11.2. The van der Waals surface area contributed by atoms with Crippen molar-refractivity contribution in [2.24, 2.45) is 0 Å². The number of carbonyl (C=O) groups is 1. The molecule has 2 aromatic heterocycles. The summed E-state index contributed by atoms with van der Waals surface area (Å²) in [5.41, 5.74) is 2.91. The molecule has 0 atom stereocenters. The average Bonchev–Trinajstić information content (AvgIpc) is 3.32. The molecule has 6 nitrogen and oxygen atoms in total. The van der Waals surface area contributed by atoms with Gasteiger partial charge in [0.2, 0.25) is 0 Å². The van der Waals surface area contributed by atoms with Gasteiger partial charge in [-0.15, -0.1) is 0 Å². The lowest BCUT2D eigenvalue weighted by Gasteiger charge is -2.05. The summed E-state index contributed by atoms with van der Waals surface area (Å²) < 4.78 is 5.22. The largest absolute Gasteiger partial charge is 0.360 e. The molecule has 7 heteroatoms. The van der Waals surface area contributed by atoms with Crippen molar-refractivity contribution in [3.05, 3.63) is 59.2 Å². The van der Waals surface area contributed by atoms with Gasteiger partial charge in [0.05, 0.1) is 0 Å². The zero-order chi connectivity index (χ0) is 18.1. The van der Waals surface area contributed by atoms with Gasteiger partial charge in [0.25, 0.3) is 5.91 Å². The van der Waals surface area contributed by atoms with Crippen LogP contribution in [0.4, 0.5) is 5.69 Å².